The van der Waals surface area contributed by atoms with Crippen molar-refractivity contribution in [2.75, 3.05) is 5.73 Å². The lowest BCUT2D eigenvalue weighted by atomic mass is 10.2. The first-order valence-electron chi connectivity index (χ1n) is 9.59. The maximum atomic E-state index is 13.0. The molecular formula is C21H21N5O2. The van der Waals surface area contributed by atoms with Crippen molar-refractivity contribution in [2.24, 2.45) is 0 Å². The molecule has 1 fully saturated rings. The Morgan fingerprint density at radius 2 is 1.89 bits per heavy atom. The molecule has 0 aliphatic heterocycles. The molecule has 0 spiro atoms. The van der Waals surface area contributed by atoms with Crippen LogP contribution < -0.4 is 11.1 Å². The van der Waals surface area contributed by atoms with Gasteiger partial charge in [-0.3, -0.25) is 4.79 Å². The molecule has 142 valence electrons. The van der Waals surface area contributed by atoms with Gasteiger partial charge in [-0.2, -0.15) is 0 Å². The van der Waals surface area contributed by atoms with E-state index in [4.69, 9.17) is 20.1 Å². The minimum atomic E-state index is -0.264. The number of amides is 1. The summed E-state index contributed by atoms with van der Waals surface area (Å²) in [4.78, 5) is 22.6. The molecule has 4 aromatic rings. The van der Waals surface area contributed by atoms with Crippen LogP contribution >= 0.6 is 0 Å². The number of carbonyl (C=O) groups is 1. The molecule has 1 aliphatic carbocycles. The number of carbonyl (C=O) groups excluding carboxylic acids is 1. The number of fused-ring (bicyclic) bond motifs is 2. The average molecular weight is 375 g/mol. The summed E-state index contributed by atoms with van der Waals surface area (Å²) in [6.07, 6.45) is 5.97. The lowest BCUT2D eigenvalue weighted by Gasteiger charge is -2.15. The third kappa shape index (κ3) is 2.70. The van der Waals surface area contributed by atoms with Gasteiger partial charge in [-0.1, -0.05) is 25.0 Å². The number of furan rings is 1. The Bertz CT molecular complexity index is 1160. The van der Waals surface area contributed by atoms with Crippen LogP contribution in [0.1, 0.15) is 47.8 Å². The highest BCUT2D eigenvalue weighted by atomic mass is 16.3. The molecule has 7 heteroatoms. The zero-order valence-electron chi connectivity index (χ0n) is 15.4. The first-order valence-corrected chi connectivity index (χ1v) is 9.59. The van der Waals surface area contributed by atoms with E-state index in [1.54, 1.807) is 12.3 Å². The molecule has 0 atom stereocenters. The fourth-order valence-electron chi connectivity index (χ4n) is 4.11. The predicted molar refractivity (Wildman–Crippen MR) is 107 cm³/mol. The number of aromatic nitrogens is 3. The number of nitrogens with zero attached hydrogens (tertiary/aromatic N) is 3. The van der Waals surface area contributed by atoms with Crippen LogP contribution in [0.4, 0.5) is 5.82 Å². The number of hydrogen-bond acceptors (Lipinski definition) is 5. The fraction of sp³-hybridized carbons (Fsp3) is 0.286. The maximum Gasteiger partial charge on any atom is 0.257 e. The van der Waals surface area contributed by atoms with Gasteiger partial charge in [0, 0.05) is 6.04 Å². The summed E-state index contributed by atoms with van der Waals surface area (Å²) >= 11 is 0. The second kappa shape index (κ2) is 6.67. The van der Waals surface area contributed by atoms with Gasteiger partial charge in [-0.25, -0.2) is 9.97 Å². The third-order valence-corrected chi connectivity index (χ3v) is 5.45. The maximum absolute atomic E-state index is 13.0. The van der Waals surface area contributed by atoms with Crippen LogP contribution in [0.5, 0.6) is 0 Å². The summed E-state index contributed by atoms with van der Waals surface area (Å²) in [6, 6.07) is 11.5. The van der Waals surface area contributed by atoms with E-state index in [1.165, 1.54) is 0 Å². The quantitative estimate of drug-likeness (QED) is 0.565. The summed E-state index contributed by atoms with van der Waals surface area (Å²) in [6.45, 7) is 0.294. The Morgan fingerprint density at radius 3 is 2.61 bits per heavy atom. The highest BCUT2D eigenvalue weighted by Crippen LogP contribution is 2.37. The van der Waals surface area contributed by atoms with Crippen LogP contribution in [-0.4, -0.2) is 20.4 Å². The first kappa shape index (κ1) is 16.8. The van der Waals surface area contributed by atoms with Crippen LogP contribution in [-0.2, 0) is 6.54 Å². The van der Waals surface area contributed by atoms with Gasteiger partial charge in [0.2, 0.25) is 0 Å². The standard InChI is InChI=1S/C21H21N5O2/c22-19-17(21(27)23-12-14-8-5-11-28-14)18-20(26(19)13-6-1-2-7-13)25-16-10-4-3-9-15(16)24-18/h3-5,8-11,13H,1-2,6-7,12,22H2,(H,23,27). The van der Waals surface area contributed by atoms with Gasteiger partial charge in [0.1, 0.15) is 22.7 Å². The van der Waals surface area contributed by atoms with Gasteiger partial charge in [0.25, 0.3) is 5.91 Å². The molecule has 0 radical (unpaired) electrons. The van der Waals surface area contributed by atoms with Gasteiger partial charge in [0.15, 0.2) is 5.65 Å². The summed E-state index contributed by atoms with van der Waals surface area (Å²) in [7, 11) is 0. The van der Waals surface area contributed by atoms with Crippen molar-refractivity contribution in [1.29, 1.82) is 0 Å². The zero-order chi connectivity index (χ0) is 19.1. The molecule has 3 aromatic heterocycles. The van der Waals surface area contributed by atoms with E-state index in [9.17, 15) is 4.79 Å². The lowest BCUT2D eigenvalue weighted by molar-refractivity contribution is 0.0950. The van der Waals surface area contributed by atoms with Crippen LogP contribution in [0.25, 0.3) is 22.2 Å². The van der Waals surface area contributed by atoms with Crippen LogP contribution in [0.3, 0.4) is 0 Å². The van der Waals surface area contributed by atoms with E-state index in [0.717, 1.165) is 36.7 Å². The number of hydrogen-bond donors (Lipinski definition) is 2. The monoisotopic (exact) mass is 375 g/mol. The van der Waals surface area contributed by atoms with Crippen LogP contribution in [0.2, 0.25) is 0 Å². The number of rotatable bonds is 4. The summed E-state index contributed by atoms with van der Waals surface area (Å²) in [5, 5.41) is 2.89. The van der Waals surface area contributed by atoms with E-state index in [1.807, 2.05) is 34.9 Å². The number of para-hydroxylation sites is 2. The number of nitrogens with two attached hydrogens (primary N) is 1. The van der Waals surface area contributed by atoms with Crippen molar-refractivity contribution in [2.45, 2.75) is 38.3 Å². The molecule has 0 bridgehead atoms. The number of nitrogens with one attached hydrogen (secondary N) is 1. The van der Waals surface area contributed by atoms with Crippen molar-refractivity contribution < 1.29 is 9.21 Å². The molecule has 1 aliphatic rings. The smallest absolute Gasteiger partial charge is 0.257 e. The summed E-state index contributed by atoms with van der Waals surface area (Å²) in [5.74, 6) is 0.859. The largest absolute Gasteiger partial charge is 0.467 e. The number of anilines is 1. The Kier molecular flexibility index (Phi) is 4.00. The van der Waals surface area contributed by atoms with E-state index >= 15 is 0 Å². The molecule has 7 nitrogen and oxygen atoms in total. The van der Waals surface area contributed by atoms with Crippen molar-refractivity contribution >= 4 is 33.9 Å². The zero-order valence-corrected chi connectivity index (χ0v) is 15.4. The van der Waals surface area contributed by atoms with E-state index in [-0.39, 0.29) is 11.9 Å². The molecule has 3 heterocycles. The molecule has 1 aromatic carbocycles. The second-order valence-corrected chi connectivity index (χ2v) is 7.22. The van der Waals surface area contributed by atoms with E-state index in [2.05, 4.69) is 5.32 Å². The van der Waals surface area contributed by atoms with E-state index in [0.29, 0.717) is 34.9 Å². The number of benzene rings is 1. The second-order valence-electron chi connectivity index (χ2n) is 7.22. The lowest BCUT2D eigenvalue weighted by Crippen LogP contribution is -2.24. The Balaban J connectivity index is 1.65. The normalized spacial score (nSPS) is 14.9. The van der Waals surface area contributed by atoms with Gasteiger partial charge < -0.3 is 20.0 Å². The van der Waals surface area contributed by atoms with Gasteiger partial charge >= 0.3 is 0 Å². The van der Waals surface area contributed by atoms with Crippen molar-refractivity contribution in [3.63, 3.8) is 0 Å². The molecule has 0 saturated heterocycles. The Morgan fingerprint density at radius 1 is 1.14 bits per heavy atom. The highest BCUT2D eigenvalue weighted by Gasteiger charge is 2.29. The minimum Gasteiger partial charge on any atom is -0.467 e. The van der Waals surface area contributed by atoms with Gasteiger partial charge in [0.05, 0.1) is 23.8 Å². The van der Waals surface area contributed by atoms with Crippen LogP contribution in [0.15, 0.2) is 47.1 Å². The van der Waals surface area contributed by atoms with Crippen molar-refractivity contribution in [1.82, 2.24) is 19.9 Å². The SMILES string of the molecule is Nc1c(C(=O)NCc2ccco2)c2nc3ccccc3nc2n1C1CCCC1. The Hall–Kier alpha value is -3.35. The average Bonchev–Trinajstić information content (AvgIpc) is 3.44. The van der Waals surface area contributed by atoms with Gasteiger partial charge in [-0.15, -0.1) is 0 Å². The summed E-state index contributed by atoms with van der Waals surface area (Å²) in [5.41, 5.74) is 9.69. The van der Waals surface area contributed by atoms with Crippen molar-refractivity contribution in [3.8, 4) is 0 Å². The molecule has 3 N–H and O–H groups in total. The Labute approximate surface area is 161 Å². The van der Waals surface area contributed by atoms with Crippen LogP contribution in [0, 0.1) is 0 Å². The molecule has 1 amide bonds. The third-order valence-electron chi connectivity index (χ3n) is 5.45. The molecule has 0 unspecified atom stereocenters. The molecular weight excluding hydrogens is 354 g/mol. The molecule has 28 heavy (non-hydrogen) atoms. The predicted octanol–water partition coefficient (Wildman–Crippen LogP) is 3.80. The van der Waals surface area contributed by atoms with Gasteiger partial charge in [-0.05, 0) is 37.1 Å². The fourth-order valence-corrected chi connectivity index (χ4v) is 4.11. The summed E-state index contributed by atoms with van der Waals surface area (Å²) < 4.78 is 7.32. The minimum absolute atomic E-state index is 0.254. The molecule has 5 rings (SSSR count). The van der Waals surface area contributed by atoms with Crippen molar-refractivity contribution in [3.05, 3.63) is 54.0 Å². The first-order chi connectivity index (χ1) is 13.7. The number of nitrogen functional groups attached to an aromatic ring is 1. The topological polar surface area (TPSA) is 99.0 Å². The molecule has 1 saturated carbocycles. The highest BCUT2D eigenvalue weighted by molar-refractivity contribution is 6.10. The van der Waals surface area contributed by atoms with E-state index < -0.39 is 0 Å².